The first-order chi connectivity index (χ1) is 12.0. The quantitative estimate of drug-likeness (QED) is 0.857. The van der Waals surface area contributed by atoms with Gasteiger partial charge in [0.05, 0.1) is 5.69 Å². The van der Waals surface area contributed by atoms with Crippen LogP contribution in [0.5, 0.6) is 5.75 Å². The van der Waals surface area contributed by atoms with Crippen LogP contribution in [-0.4, -0.2) is 49.5 Å². The molecule has 0 unspecified atom stereocenters. The molecule has 0 aliphatic carbocycles. The zero-order valence-electron chi connectivity index (χ0n) is 15.0. The number of fused-ring (bicyclic) bond motifs is 1. The number of rotatable bonds is 5. The summed E-state index contributed by atoms with van der Waals surface area (Å²) in [6.45, 7) is 8.51. The van der Waals surface area contributed by atoms with E-state index in [1.54, 1.807) is 18.2 Å². The van der Waals surface area contributed by atoms with Crippen LogP contribution in [0.25, 0.3) is 0 Å². The molecule has 1 atom stereocenters. The van der Waals surface area contributed by atoms with E-state index in [0.717, 1.165) is 26.1 Å². The molecule has 1 fully saturated rings. The van der Waals surface area contributed by atoms with Gasteiger partial charge in [0.2, 0.25) is 0 Å². The number of hydrogen-bond donors (Lipinski definition) is 2. The molecule has 1 saturated heterocycles. The largest absolute Gasteiger partial charge is 0.482 e. The highest BCUT2D eigenvalue weighted by atomic mass is 16.5. The number of carbonyl (C=O) groups excluding carboxylic acids is 2. The van der Waals surface area contributed by atoms with Gasteiger partial charge < -0.3 is 20.3 Å². The number of amides is 2. The Labute approximate surface area is 148 Å². The molecule has 1 aromatic rings. The van der Waals surface area contributed by atoms with Crippen LogP contribution in [0.1, 0.15) is 37.0 Å². The summed E-state index contributed by atoms with van der Waals surface area (Å²) in [5, 5.41) is 5.78. The third kappa shape index (κ3) is 4.72. The van der Waals surface area contributed by atoms with E-state index < -0.39 is 0 Å². The molecule has 2 heterocycles. The second-order valence-corrected chi connectivity index (χ2v) is 7.42. The summed E-state index contributed by atoms with van der Waals surface area (Å²) in [5.74, 6) is 1.46. The predicted molar refractivity (Wildman–Crippen MR) is 96.9 cm³/mol. The summed E-state index contributed by atoms with van der Waals surface area (Å²) >= 11 is 0. The van der Waals surface area contributed by atoms with E-state index in [0.29, 0.717) is 35.4 Å². The van der Waals surface area contributed by atoms with Crippen molar-refractivity contribution in [2.45, 2.75) is 26.7 Å². The van der Waals surface area contributed by atoms with Crippen molar-refractivity contribution in [3.8, 4) is 5.75 Å². The van der Waals surface area contributed by atoms with Crippen molar-refractivity contribution >= 4 is 17.5 Å². The van der Waals surface area contributed by atoms with Crippen LogP contribution < -0.4 is 15.4 Å². The van der Waals surface area contributed by atoms with E-state index in [1.807, 2.05) is 0 Å². The second-order valence-electron chi connectivity index (χ2n) is 7.42. The summed E-state index contributed by atoms with van der Waals surface area (Å²) in [6, 6.07) is 5.12. The molecule has 1 aromatic carbocycles. The Morgan fingerprint density at radius 3 is 3.08 bits per heavy atom. The van der Waals surface area contributed by atoms with Gasteiger partial charge in [0, 0.05) is 25.2 Å². The number of likely N-dealkylation sites (tertiary alicyclic amines) is 1. The van der Waals surface area contributed by atoms with Crippen molar-refractivity contribution < 1.29 is 14.3 Å². The number of hydrogen-bond acceptors (Lipinski definition) is 4. The molecule has 6 heteroatoms. The van der Waals surface area contributed by atoms with Gasteiger partial charge in [0.15, 0.2) is 6.61 Å². The van der Waals surface area contributed by atoms with Crippen LogP contribution in [0.15, 0.2) is 18.2 Å². The minimum atomic E-state index is -0.173. The first-order valence-corrected chi connectivity index (χ1v) is 9.08. The first kappa shape index (κ1) is 17.7. The van der Waals surface area contributed by atoms with Gasteiger partial charge in [0.1, 0.15) is 5.75 Å². The zero-order valence-corrected chi connectivity index (χ0v) is 15.0. The summed E-state index contributed by atoms with van der Waals surface area (Å²) in [7, 11) is 0. The Bertz CT molecular complexity index is 645. The van der Waals surface area contributed by atoms with Crippen LogP contribution in [0.4, 0.5) is 5.69 Å². The normalized spacial score (nSPS) is 20.6. The maximum Gasteiger partial charge on any atom is 0.262 e. The van der Waals surface area contributed by atoms with Crippen molar-refractivity contribution in [3.63, 3.8) is 0 Å². The van der Waals surface area contributed by atoms with Crippen molar-refractivity contribution in [3.05, 3.63) is 23.8 Å². The fourth-order valence-corrected chi connectivity index (χ4v) is 3.56. The van der Waals surface area contributed by atoms with E-state index in [9.17, 15) is 9.59 Å². The maximum absolute atomic E-state index is 12.4. The molecule has 2 N–H and O–H groups in total. The maximum atomic E-state index is 12.4. The fraction of sp³-hybridized carbons (Fsp3) is 0.579. The highest BCUT2D eigenvalue weighted by Gasteiger charge is 2.22. The van der Waals surface area contributed by atoms with Crippen molar-refractivity contribution in [2.24, 2.45) is 11.8 Å². The number of carbonyl (C=O) groups is 2. The molecule has 0 aromatic heterocycles. The van der Waals surface area contributed by atoms with Gasteiger partial charge in [-0.25, -0.2) is 0 Å². The number of benzene rings is 1. The Morgan fingerprint density at radius 1 is 1.44 bits per heavy atom. The average Bonchev–Trinajstić information content (AvgIpc) is 2.59. The second kappa shape index (κ2) is 7.87. The van der Waals surface area contributed by atoms with Gasteiger partial charge in [0.25, 0.3) is 11.8 Å². The highest BCUT2D eigenvalue weighted by molar-refractivity contribution is 5.98. The lowest BCUT2D eigenvalue weighted by atomic mass is 9.97. The highest BCUT2D eigenvalue weighted by Crippen LogP contribution is 2.28. The SMILES string of the molecule is CC(C)CN1CCC[C@@H](CNC(=O)c2ccc3c(c2)OCC(=O)N3)C1. The van der Waals surface area contributed by atoms with Crippen molar-refractivity contribution in [1.29, 1.82) is 0 Å². The Morgan fingerprint density at radius 2 is 2.28 bits per heavy atom. The molecular formula is C19H27N3O3. The van der Waals surface area contributed by atoms with Gasteiger partial charge in [-0.15, -0.1) is 0 Å². The van der Waals surface area contributed by atoms with Crippen LogP contribution in [0.3, 0.4) is 0 Å². The van der Waals surface area contributed by atoms with Gasteiger partial charge in [-0.2, -0.15) is 0 Å². The van der Waals surface area contributed by atoms with Crippen LogP contribution >= 0.6 is 0 Å². The Balaban J connectivity index is 1.53. The lowest BCUT2D eigenvalue weighted by Gasteiger charge is -2.33. The van der Waals surface area contributed by atoms with Gasteiger partial charge in [-0.3, -0.25) is 9.59 Å². The molecule has 0 radical (unpaired) electrons. The number of anilines is 1. The topological polar surface area (TPSA) is 70.7 Å². The number of piperidine rings is 1. The molecule has 2 aliphatic heterocycles. The molecule has 0 spiro atoms. The molecule has 0 bridgehead atoms. The minimum Gasteiger partial charge on any atom is -0.482 e. The first-order valence-electron chi connectivity index (χ1n) is 9.08. The molecule has 3 rings (SSSR count). The third-order valence-electron chi connectivity index (χ3n) is 4.65. The number of nitrogens with one attached hydrogen (secondary N) is 2. The van der Waals surface area contributed by atoms with Gasteiger partial charge in [-0.05, 0) is 49.4 Å². The molecule has 0 saturated carbocycles. The molecule has 2 amide bonds. The Hall–Kier alpha value is -2.08. The van der Waals surface area contributed by atoms with Gasteiger partial charge >= 0.3 is 0 Å². The van der Waals surface area contributed by atoms with E-state index in [2.05, 4.69) is 29.4 Å². The Kier molecular flexibility index (Phi) is 5.58. The summed E-state index contributed by atoms with van der Waals surface area (Å²) in [4.78, 5) is 26.2. The summed E-state index contributed by atoms with van der Waals surface area (Å²) < 4.78 is 5.37. The standard InChI is InChI=1S/C19H27N3O3/c1-13(2)10-22-7-3-4-14(11-22)9-20-19(24)15-5-6-16-17(8-15)25-12-18(23)21-16/h5-6,8,13-14H,3-4,7,9-12H2,1-2H3,(H,20,24)(H,21,23)/t14-/m0/s1. The third-order valence-corrected chi connectivity index (χ3v) is 4.65. The van der Waals surface area contributed by atoms with E-state index >= 15 is 0 Å². The number of ether oxygens (including phenoxy) is 1. The van der Waals surface area contributed by atoms with E-state index in [-0.39, 0.29) is 18.4 Å². The summed E-state index contributed by atoms with van der Waals surface area (Å²) in [6.07, 6.45) is 2.36. The molecule has 25 heavy (non-hydrogen) atoms. The smallest absolute Gasteiger partial charge is 0.262 e. The van der Waals surface area contributed by atoms with Crippen molar-refractivity contribution in [1.82, 2.24) is 10.2 Å². The fourth-order valence-electron chi connectivity index (χ4n) is 3.56. The molecule has 136 valence electrons. The predicted octanol–water partition coefficient (Wildman–Crippen LogP) is 2.12. The zero-order chi connectivity index (χ0) is 17.8. The molecule has 2 aliphatic rings. The van der Waals surface area contributed by atoms with Gasteiger partial charge in [-0.1, -0.05) is 13.8 Å². The average molecular weight is 345 g/mol. The van der Waals surface area contributed by atoms with Crippen LogP contribution in [0, 0.1) is 11.8 Å². The minimum absolute atomic E-state index is 0.00810. The van der Waals surface area contributed by atoms with Crippen LogP contribution in [-0.2, 0) is 4.79 Å². The molecule has 6 nitrogen and oxygen atoms in total. The van der Waals surface area contributed by atoms with Crippen LogP contribution in [0.2, 0.25) is 0 Å². The lowest BCUT2D eigenvalue weighted by molar-refractivity contribution is -0.118. The summed E-state index contributed by atoms with van der Waals surface area (Å²) in [5.41, 5.74) is 1.18. The lowest BCUT2D eigenvalue weighted by Crippen LogP contribution is -2.42. The van der Waals surface area contributed by atoms with E-state index in [4.69, 9.17) is 4.74 Å². The number of nitrogens with zero attached hydrogens (tertiary/aromatic N) is 1. The molecular weight excluding hydrogens is 318 g/mol. The van der Waals surface area contributed by atoms with Crippen molar-refractivity contribution in [2.75, 3.05) is 38.1 Å². The monoisotopic (exact) mass is 345 g/mol. The van der Waals surface area contributed by atoms with E-state index in [1.165, 1.54) is 6.42 Å².